The van der Waals surface area contributed by atoms with Crippen LogP contribution in [0.4, 0.5) is 0 Å². The number of hydrogen-bond acceptors (Lipinski definition) is 2. The van der Waals surface area contributed by atoms with Crippen LogP contribution in [0.5, 0.6) is 0 Å². The number of rotatable bonds is 5. The van der Waals surface area contributed by atoms with Crippen LogP contribution in [0.3, 0.4) is 0 Å². The second kappa shape index (κ2) is 4.47. The monoisotopic (exact) mass is 278 g/mol. The number of aryl methyl sites for hydroxylation is 2. The van der Waals surface area contributed by atoms with Gasteiger partial charge in [-0.15, -0.1) is 0 Å². The van der Waals surface area contributed by atoms with E-state index in [0.717, 1.165) is 29.1 Å². The number of aromatic nitrogens is 4. The molecule has 4 nitrogen and oxygen atoms in total. The van der Waals surface area contributed by atoms with Crippen molar-refractivity contribution >= 4 is 23.4 Å². The molecular formula is C14H22N4S. The van der Waals surface area contributed by atoms with Crippen LogP contribution in [-0.4, -0.2) is 19.3 Å². The molecule has 104 valence electrons. The zero-order chi connectivity index (χ0) is 13.6. The highest BCUT2D eigenvalue weighted by atomic mass is 32.1. The molecule has 2 heterocycles. The van der Waals surface area contributed by atoms with Crippen molar-refractivity contribution in [3.63, 3.8) is 0 Å². The molecule has 0 aliphatic heterocycles. The number of hydrogen-bond donors (Lipinski definition) is 1. The first kappa shape index (κ1) is 12.9. The van der Waals surface area contributed by atoms with Gasteiger partial charge >= 0.3 is 0 Å². The third-order valence-electron chi connectivity index (χ3n) is 4.36. The second-order valence-electron chi connectivity index (χ2n) is 5.87. The Kier molecular flexibility index (Phi) is 3.04. The molecule has 1 fully saturated rings. The molecule has 1 N–H and O–H groups in total. The standard InChI is InChI=1S/C14H22N4S/c1-4-6-14(7-8-14)9-17-12-11(15-13(17)19)10(3)16-18(12)5-2/h4-9H2,1-3H3,(H,15,19). The van der Waals surface area contributed by atoms with Crippen molar-refractivity contribution in [1.29, 1.82) is 0 Å². The summed E-state index contributed by atoms with van der Waals surface area (Å²) < 4.78 is 5.19. The van der Waals surface area contributed by atoms with Crippen LogP contribution in [0.1, 0.15) is 45.2 Å². The highest BCUT2D eigenvalue weighted by Gasteiger charge is 2.42. The molecule has 0 spiro atoms. The fourth-order valence-corrected chi connectivity index (χ4v) is 3.41. The van der Waals surface area contributed by atoms with Gasteiger partial charge in [-0.25, -0.2) is 4.68 Å². The number of aromatic amines is 1. The minimum Gasteiger partial charge on any atom is -0.328 e. The Labute approximate surface area is 118 Å². The molecular weight excluding hydrogens is 256 g/mol. The second-order valence-corrected chi connectivity index (χ2v) is 6.25. The number of fused-ring (bicyclic) bond motifs is 1. The smallest absolute Gasteiger partial charge is 0.179 e. The molecule has 2 aromatic heterocycles. The molecule has 0 atom stereocenters. The van der Waals surface area contributed by atoms with Gasteiger partial charge in [-0.1, -0.05) is 13.3 Å². The first-order valence-corrected chi connectivity index (χ1v) is 7.67. The molecule has 0 saturated heterocycles. The Morgan fingerprint density at radius 3 is 2.68 bits per heavy atom. The summed E-state index contributed by atoms with van der Waals surface area (Å²) in [6.07, 6.45) is 5.25. The topological polar surface area (TPSA) is 38.5 Å². The van der Waals surface area contributed by atoms with Crippen molar-refractivity contribution in [3.05, 3.63) is 10.5 Å². The number of H-pyrrole nitrogens is 1. The van der Waals surface area contributed by atoms with Gasteiger partial charge in [-0.2, -0.15) is 5.10 Å². The summed E-state index contributed by atoms with van der Waals surface area (Å²) in [5.41, 5.74) is 3.83. The van der Waals surface area contributed by atoms with Crippen molar-refractivity contribution < 1.29 is 0 Å². The minimum absolute atomic E-state index is 0.499. The van der Waals surface area contributed by atoms with Gasteiger partial charge < -0.3 is 9.55 Å². The zero-order valence-corrected chi connectivity index (χ0v) is 12.8. The van der Waals surface area contributed by atoms with Gasteiger partial charge in [0.15, 0.2) is 10.4 Å². The molecule has 3 rings (SSSR count). The normalized spacial score (nSPS) is 17.2. The van der Waals surface area contributed by atoms with Crippen molar-refractivity contribution in [2.75, 3.05) is 0 Å². The van der Waals surface area contributed by atoms with Gasteiger partial charge in [0.2, 0.25) is 0 Å². The van der Waals surface area contributed by atoms with E-state index in [9.17, 15) is 0 Å². The zero-order valence-electron chi connectivity index (χ0n) is 12.0. The van der Waals surface area contributed by atoms with Gasteiger partial charge in [0.25, 0.3) is 0 Å². The van der Waals surface area contributed by atoms with E-state index in [-0.39, 0.29) is 0 Å². The van der Waals surface area contributed by atoms with Crippen LogP contribution in [0.15, 0.2) is 0 Å². The molecule has 0 aromatic carbocycles. The van der Waals surface area contributed by atoms with Crippen LogP contribution < -0.4 is 0 Å². The van der Waals surface area contributed by atoms with E-state index >= 15 is 0 Å². The highest BCUT2D eigenvalue weighted by Crippen LogP contribution is 2.51. The lowest BCUT2D eigenvalue weighted by molar-refractivity contribution is 0.387. The maximum atomic E-state index is 5.52. The lowest BCUT2D eigenvalue weighted by atomic mass is 10.0. The Bertz CT molecular complexity index is 657. The Morgan fingerprint density at radius 1 is 1.37 bits per heavy atom. The van der Waals surface area contributed by atoms with E-state index in [2.05, 4.69) is 33.2 Å². The summed E-state index contributed by atoms with van der Waals surface area (Å²) in [7, 11) is 0. The van der Waals surface area contributed by atoms with E-state index < -0.39 is 0 Å². The lowest BCUT2D eigenvalue weighted by Gasteiger charge is -2.15. The first-order chi connectivity index (χ1) is 9.10. The summed E-state index contributed by atoms with van der Waals surface area (Å²) in [4.78, 5) is 3.34. The Hall–Kier alpha value is -1.10. The van der Waals surface area contributed by atoms with E-state index in [1.54, 1.807) is 0 Å². The fourth-order valence-electron chi connectivity index (χ4n) is 3.16. The van der Waals surface area contributed by atoms with Gasteiger partial charge in [0.1, 0.15) is 5.52 Å². The predicted octanol–water partition coefficient (Wildman–Crippen LogP) is 3.80. The van der Waals surface area contributed by atoms with Crippen LogP contribution in [0.25, 0.3) is 11.2 Å². The van der Waals surface area contributed by atoms with Crippen molar-refractivity contribution in [2.45, 2.75) is 59.5 Å². The van der Waals surface area contributed by atoms with E-state index in [1.165, 1.54) is 31.3 Å². The van der Waals surface area contributed by atoms with Crippen LogP contribution in [0.2, 0.25) is 0 Å². The van der Waals surface area contributed by atoms with E-state index in [1.807, 2.05) is 6.92 Å². The van der Waals surface area contributed by atoms with E-state index in [0.29, 0.717) is 5.41 Å². The van der Waals surface area contributed by atoms with Gasteiger partial charge in [-0.3, -0.25) is 0 Å². The van der Waals surface area contributed by atoms with Crippen molar-refractivity contribution in [1.82, 2.24) is 19.3 Å². The quantitative estimate of drug-likeness (QED) is 0.845. The lowest BCUT2D eigenvalue weighted by Crippen LogP contribution is -2.14. The van der Waals surface area contributed by atoms with Gasteiger partial charge in [-0.05, 0) is 50.7 Å². The Morgan fingerprint density at radius 2 is 2.11 bits per heavy atom. The van der Waals surface area contributed by atoms with Crippen LogP contribution in [-0.2, 0) is 13.1 Å². The predicted molar refractivity (Wildman–Crippen MR) is 79.9 cm³/mol. The number of nitrogens with zero attached hydrogens (tertiary/aromatic N) is 3. The summed E-state index contributed by atoms with van der Waals surface area (Å²) in [6.45, 7) is 8.38. The highest BCUT2D eigenvalue weighted by molar-refractivity contribution is 7.71. The maximum absolute atomic E-state index is 5.52. The largest absolute Gasteiger partial charge is 0.328 e. The molecule has 1 aliphatic carbocycles. The fraction of sp³-hybridized carbons (Fsp3) is 0.714. The van der Waals surface area contributed by atoms with Crippen LogP contribution in [0, 0.1) is 17.1 Å². The molecule has 1 saturated carbocycles. The number of imidazole rings is 1. The minimum atomic E-state index is 0.499. The first-order valence-electron chi connectivity index (χ1n) is 7.26. The summed E-state index contributed by atoms with van der Waals surface area (Å²) >= 11 is 5.52. The maximum Gasteiger partial charge on any atom is 0.179 e. The summed E-state index contributed by atoms with van der Waals surface area (Å²) in [6, 6.07) is 0. The van der Waals surface area contributed by atoms with Crippen molar-refractivity contribution in [3.8, 4) is 0 Å². The Balaban J connectivity index is 2.07. The third-order valence-corrected chi connectivity index (χ3v) is 4.69. The molecule has 0 unspecified atom stereocenters. The van der Waals surface area contributed by atoms with Crippen LogP contribution >= 0.6 is 12.2 Å². The van der Waals surface area contributed by atoms with Gasteiger partial charge in [0.05, 0.1) is 5.69 Å². The summed E-state index contributed by atoms with van der Waals surface area (Å²) in [5.74, 6) is 0. The molecule has 19 heavy (non-hydrogen) atoms. The average molecular weight is 278 g/mol. The molecule has 0 radical (unpaired) electrons. The number of nitrogens with one attached hydrogen (secondary N) is 1. The molecule has 5 heteroatoms. The third kappa shape index (κ3) is 2.04. The average Bonchev–Trinajstić information content (AvgIpc) is 2.97. The SMILES string of the molecule is CCCC1(Cn2c(=S)[nH]c3c(C)nn(CC)c32)CC1. The van der Waals surface area contributed by atoms with Gasteiger partial charge in [0, 0.05) is 13.1 Å². The molecule has 1 aliphatic rings. The van der Waals surface area contributed by atoms with E-state index in [4.69, 9.17) is 12.2 Å². The summed E-state index contributed by atoms with van der Waals surface area (Å²) in [5, 5.41) is 4.58. The molecule has 2 aromatic rings. The molecule has 0 bridgehead atoms. The van der Waals surface area contributed by atoms with Crippen molar-refractivity contribution in [2.24, 2.45) is 5.41 Å². The molecule has 0 amide bonds.